The van der Waals surface area contributed by atoms with E-state index in [0.29, 0.717) is 37.3 Å². The second-order valence-electron chi connectivity index (χ2n) is 8.13. The van der Waals surface area contributed by atoms with E-state index in [9.17, 15) is 18.0 Å². The molecule has 9 nitrogen and oxygen atoms in total. The predicted molar refractivity (Wildman–Crippen MR) is 127 cm³/mol. The summed E-state index contributed by atoms with van der Waals surface area (Å²) >= 11 is 0. The van der Waals surface area contributed by atoms with E-state index in [-0.39, 0.29) is 18.0 Å². The molecule has 1 aliphatic rings. The molecular formula is C24H31N3O6S. The quantitative estimate of drug-likeness (QED) is 0.518. The van der Waals surface area contributed by atoms with Crippen LogP contribution in [0.4, 0.5) is 0 Å². The van der Waals surface area contributed by atoms with Crippen molar-refractivity contribution in [3.05, 3.63) is 53.6 Å². The van der Waals surface area contributed by atoms with Gasteiger partial charge >= 0.3 is 11.8 Å². The van der Waals surface area contributed by atoms with Crippen LogP contribution in [0.25, 0.3) is 0 Å². The van der Waals surface area contributed by atoms with Gasteiger partial charge in [0.1, 0.15) is 0 Å². The van der Waals surface area contributed by atoms with Crippen LogP contribution in [0.5, 0.6) is 11.5 Å². The third-order valence-corrected chi connectivity index (χ3v) is 7.77. The van der Waals surface area contributed by atoms with Crippen LogP contribution in [0.3, 0.4) is 0 Å². The smallest absolute Gasteiger partial charge is 0.309 e. The maximum absolute atomic E-state index is 13.0. The summed E-state index contributed by atoms with van der Waals surface area (Å²) in [5.41, 5.74) is 1.89. The van der Waals surface area contributed by atoms with Crippen LogP contribution in [0, 0.1) is 6.92 Å². The van der Waals surface area contributed by atoms with E-state index >= 15 is 0 Å². The molecule has 0 bridgehead atoms. The van der Waals surface area contributed by atoms with Gasteiger partial charge < -0.3 is 20.1 Å². The summed E-state index contributed by atoms with van der Waals surface area (Å²) in [5.74, 6) is -0.343. The Hall–Kier alpha value is -3.11. The van der Waals surface area contributed by atoms with Crippen LogP contribution >= 0.6 is 0 Å². The number of aryl methyl sites for hydroxylation is 1. The summed E-state index contributed by atoms with van der Waals surface area (Å²) in [7, 11) is -0.565. The second kappa shape index (κ2) is 11.3. The Labute approximate surface area is 200 Å². The summed E-state index contributed by atoms with van der Waals surface area (Å²) in [6, 6.07) is 11.7. The number of rotatable bonds is 9. The molecule has 184 valence electrons. The molecule has 2 N–H and O–H groups in total. The van der Waals surface area contributed by atoms with E-state index < -0.39 is 27.9 Å². The number of hydrogen-bond donors (Lipinski definition) is 2. The first kappa shape index (κ1) is 25.5. The molecule has 1 saturated heterocycles. The van der Waals surface area contributed by atoms with Crippen molar-refractivity contribution in [2.24, 2.45) is 0 Å². The third-order valence-electron chi connectivity index (χ3n) is 5.80. The van der Waals surface area contributed by atoms with E-state index in [0.717, 1.165) is 11.1 Å². The van der Waals surface area contributed by atoms with Gasteiger partial charge in [0.2, 0.25) is 10.0 Å². The number of hydrogen-bond acceptors (Lipinski definition) is 6. The van der Waals surface area contributed by atoms with E-state index in [4.69, 9.17) is 9.47 Å². The fourth-order valence-corrected chi connectivity index (χ4v) is 5.60. The van der Waals surface area contributed by atoms with Gasteiger partial charge in [-0.25, -0.2) is 8.42 Å². The summed E-state index contributed by atoms with van der Waals surface area (Å²) in [6.07, 6.45) is 1.82. The lowest BCUT2D eigenvalue weighted by molar-refractivity contribution is -0.139. The zero-order valence-corrected chi connectivity index (χ0v) is 20.5. The van der Waals surface area contributed by atoms with Crippen LogP contribution in [0.15, 0.2) is 47.4 Å². The van der Waals surface area contributed by atoms with Crippen LogP contribution in [-0.4, -0.2) is 64.4 Å². The molecule has 0 aromatic heterocycles. The Bertz CT molecular complexity index is 1120. The number of benzene rings is 2. The van der Waals surface area contributed by atoms with Gasteiger partial charge in [0.05, 0.1) is 19.1 Å². The fourth-order valence-electron chi connectivity index (χ4n) is 3.90. The second-order valence-corrected chi connectivity index (χ2v) is 10.0. The first-order valence-electron chi connectivity index (χ1n) is 11.1. The number of amides is 2. The number of methoxy groups -OCH3 is 2. The number of sulfonamides is 1. The van der Waals surface area contributed by atoms with Gasteiger partial charge in [-0.05, 0) is 56.0 Å². The highest BCUT2D eigenvalue weighted by Crippen LogP contribution is 2.28. The molecule has 3 rings (SSSR count). The molecule has 1 fully saturated rings. The molecule has 0 saturated carbocycles. The SMILES string of the molecule is COc1ccc(CCNC(=O)C(=O)NC[C@@H]2CCCN2S(=O)(=O)c2ccc(C)cc2)cc1OC. The number of carbonyl (C=O) groups excluding carboxylic acids is 2. The lowest BCUT2D eigenvalue weighted by atomic mass is 10.1. The summed E-state index contributed by atoms with van der Waals surface area (Å²) in [6.45, 7) is 2.61. The highest BCUT2D eigenvalue weighted by molar-refractivity contribution is 7.89. The molecule has 2 amide bonds. The Kier molecular flexibility index (Phi) is 8.51. The van der Waals surface area contributed by atoms with Crippen LogP contribution < -0.4 is 20.1 Å². The van der Waals surface area contributed by atoms with Gasteiger partial charge in [-0.2, -0.15) is 4.31 Å². The average Bonchev–Trinajstić information content (AvgIpc) is 3.32. The molecule has 0 radical (unpaired) electrons. The number of ether oxygens (including phenoxy) is 2. The fraction of sp³-hybridized carbons (Fsp3) is 0.417. The minimum atomic E-state index is -3.67. The minimum Gasteiger partial charge on any atom is -0.493 e. The Morgan fingerprint density at radius 2 is 1.68 bits per heavy atom. The van der Waals surface area contributed by atoms with E-state index in [1.807, 2.05) is 19.1 Å². The molecule has 1 aliphatic heterocycles. The summed E-state index contributed by atoms with van der Waals surface area (Å²) in [4.78, 5) is 24.7. The topological polar surface area (TPSA) is 114 Å². The average molecular weight is 490 g/mol. The maximum atomic E-state index is 13.0. The molecule has 10 heteroatoms. The van der Waals surface area contributed by atoms with E-state index in [1.165, 1.54) is 4.31 Å². The van der Waals surface area contributed by atoms with Gasteiger partial charge in [-0.1, -0.05) is 23.8 Å². The van der Waals surface area contributed by atoms with Crippen molar-refractivity contribution in [2.75, 3.05) is 33.9 Å². The highest BCUT2D eigenvalue weighted by Gasteiger charge is 2.35. The van der Waals surface area contributed by atoms with Crippen LogP contribution in [-0.2, 0) is 26.0 Å². The van der Waals surface area contributed by atoms with Gasteiger partial charge in [0, 0.05) is 25.7 Å². The van der Waals surface area contributed by atoms with Gasteiger partial charge in [-0.15, -0.1) is 0 Å². The van der Waals surface area contributed by atoms with Crippen molar-refractivity contribution >= 4 is 21.8 Å². The molecule has 0 unspecified atom stereocenters. The van der Waals surface area contributed by atoms with E-state index in [2.05, 4.69) is 10.6 Å². The largest absolute Gasteiger partial charge is 0.493 e. The molecule has 0 spiro atoms. The van der Waals surface area contributed by atoms with Crippen molar-refractivity contribution in [3.8, 4) is 11.5 Å². The Morgan fingerprint density at radius 1 is 1.00 bits per heavy atom. The third kappa shape index (κ3) is 6.06. The first-order valence-corrected chi connectivity index (χ1v) is 12.6. The molecule has 2 aromatic rings. The highest BCUT2D eigenvalue weighted by atomic mass is 32.2. The Morgan fingerprint density at radius 3 is 2.35 bits per heavy atom. The number of nitrogens with zero attached hydrogens (tertiary/aromatic N) is 1. The van der Waals surface area contributed by atoms with Gasteiger partial charge in [0.25, 0.3) is 0 Å². The monoisotopic (exact) mass is 489 g/mol. The zero-order valence-electron chi connectivity index (χ0n) is 19.7. The summed E-state index contributed by atoms with van der Waals surface area (Å²) in [5, 5.41) is 5.17. The molecular weight excluding hydrogens is 458 g/mol. The van der Waals surface area contributed by atoms with Crippen molar-refractivity contribution in [2.45, 2.75) is 37.1 Å². The normalized spacial score (nSPS) is 16.1. The predicted octanol–water partition coefficient (Wildman–Crippen LogP) is 1.64. The molecule has 34 heavy (non-hydrogen) atoms. The first-order chi connectivity index (χ1) is 16.3. The molecule has 2 aromatic carbocycles. The van der Waals surface area contributed by atoms with Gasteiger partial charge in [0.15, 0.2) is 11.5 Å². The lowest BCUT2D eigenvalue weighted by Crippen LogP contribution is -2.47. The maximum Gasteiger partial charge on any atom is 0.309 e. The lowest BCUT2D eigenvalue weighted by Gasteiger charge is -2.24. The Balaban J connectivity index is 1.49. The van der Waals surface area contributed by atoms with Crippen LogP contribution in [0.2, 0.25) is 0 Å². The minimum absolute atomic E-state index is 0.0764. The zero-order chi connectivity index (χ0) is 24.7. The number of carbonyl (C=O) groups is 2. The molecule has 1 atom stereocenters. The standard InChI is InChI=1S/C24H31N3O6S/c1-17-6-9-20(10-7-17)34(30,31)27-14-4-5-19(27)16-26-24(29)23(28)25-13-12-18-8-11-21(32-2)22(15-18)33-3/h6-11,15,19H,4-5,12-14,16H2,1-3H3,(H,25,28)(H,26,29)/t19-/m0/s1. The van der Waals surface area contributed by atoms with Crippen molar-refractivity contribution < 1.29 is 27.5 Å². The molecule has 0 aliphatic carbocycles. The van der Waals surface area contributed by atoms with E-state index in [1.54, 1.807) is 44.6 Å². The van der Waals surface area contributed by atoms with Gasteiger partial charge in [-0.3, -0.25) is 9.59 Å². The van der Waals surface area contributed by atoms with Crippen molar-refractivity contribution in [1.82, 2.24) is 14.9 Å². The number of nitrogens with one attached hydrogen (secondary N) is 2. The summed E-state index contributed by atoms with van der Waals surface area (Å²) < 4.78 is 37.9. The molecule has 1 heterocycles. The van der Waals surface area contributed by atoms with Crippen molar-refractivity contribution in [1.29, 1.82) is 0 Å². The van der Waals surface area contributed by atoms with Crippen LogP contribution in [0.1, 0.15) is 24.0 Å². The van der Waals surface area contributed by atoms with Crippen molar-refractivity contribution in [3.63, 3.8) is 0 Å².